The van der Waals surface area contributed by atoms with Crippen molar-refractivity contribution in [2.75, 3.05) is 0 Å². The van der Waals surface area contributed by atoms with Crippen LogP contribution in [0.4, 0.5) is 0 Å². The molecule has 6 aromatic carbocycles. The van der Waals surface area contributed by atoms with Crippen molar-refractivity contribution in [3.8, 4) is 56.9 Å². The molecule has 0 spiro atoms. The summed E-state index contributed by atoms with van der Waals surface area (Å²) < 4.78 is 0. The van der Waals surface area contributed by atoms with Crippen molar-refractivity contribution in [2.24, 2.45) is 0 Å². The van der Waals surface area contributed by atoms with Gasteiger partial charge in [-0.15, -0.1) is 0 Å². The number of benzene rings is 6. The van der Waals surface area contributed by atoms with E-state index >= 15 is 0 Å². The molecule has 0 unspecified atom stereocenters. The molecule has 0 aliphatic heterocycles. The molecule has 224 valence electrons. The second-order valence-electron chi connectivity index (χ2n) is 11.6. The minimum atomic E-state index is 0.591. The van der Waals surface area contributed by atoms with E-state index in [9.17, 15) is 0 Å². The summed E-state index contributed by atoms with van der Waals surface area (Å²) in [5.41, 5.74) is 6.09. The summed E-state index contributed by atoms with van der Waals surface area (Å²) in [5, 5.41) is 5.27. The molecule has 0 aliphatic rings. The molecule has 9 aromatic rings. The highest BCUT2D eigenvalue weighted by atomic mass is 15.0. The fourth-order valence-electron chi connectivity index (χ4n) is 6.14. The molecule has 48 heavy (non-hydrogen) atoms. The molecular formula is C42H26N6. The molecule has 0 amide bonds. The third-order valence-corrected chi connectivity index (χ3v) is 8.56. The van der Waals surface area contributed by atoms with Gasteiger partial charge in [0.1, 0.15) is 5.69 Å². The Morgan fingerprint density at radius 2 is 0.896 bits per heavy atom. The molecule has 0 fully saturated rings. The van der Waals surface area contributed by atoms with Crippen LogP contribution < -0.4 is 0 Å². The Morgan fingerprint density at radius 3 is 1.58 bits per heavy atom. The summed E-state index contributed by atoms with van der Waals surface area (Å²) in [6.07, 6.45) is 1.79. The molecule has 3 heterocycles. The molecule has 0 saturated carbocycles. The van der Waals surface area contributed by atoms with Crippen LogP contribution in [-0.2, 0) is 0 Å². The van der Waals surface area contributed by atoms with Crippen LogP contribution >= 0.6 is 0 Å². The number of aromatic nitrogens is 6. The lowest BCUT2D eigenvalue weighted by molar-refractivity contribution is 1.08. The van der Waals surface area contributed by atoms with Crippen LogP contribution in [0.3, 0.4) is 0 Å². The Balaban J connectivity index is 1.28. The van der Waals surface area contributed by atoms with Crippen LogP contribution in [0.5, 0.6) is 0 Å². The van der Waals surface area contributed by atoms with E-state index in [-0.39, 0.29) is 0 Å². The van der Waals surface area contributed by atoms with Gasteiger partial charge in [-0.25, -0.2) is 24.9 Å². The fourth-order valence-corrected chi connectivity index (χ4v) is 6.14. The maximum Gasteiger partial charge on any atom is 0.164 e. The predicted molar refractivity (Wildman–Crippen MR) is 193 cm³/mol. The van der Waals surface area contributed by atoms with E-state index < -0.39 is 0 Å². The fraction of sp³-hybridized carbons (Fsp3) is 0. The first-order chi connectivity index (χ1) is 23.8. The number of hydrogen-bond acceptors (Lipinski definition) is 6. The molecule has 0 aliphatic carbocycles. The standard InChI is InChI=1S/C42H26N6/c1-3-12-29(13-4-1)39-44-37-34(38(45-39)36-17-9-10-24-43-36)23-22-28-19-21-33(26-35(28)37)42-47-40(30-14-5-2-6-15-30)46-41(48-42)32-20-18-27-11-7-8-16-31(27)25-32/h1-26H. The van der Waals surface area contributed by atoms with Crippen molar-refractivity contribution in [1.29, 1.82) is 0 Å². The average Bonchev–Trinajstić information content (AvgIpc) is 3.18. The highest BCUT2D eigenvalue weighted by Gasteiger charge is 2.17. The van der Waals surface area contributed by atoms with Gasteiger partial charge in [0.05, 0.1) is 11.2 Å². The Kier molecular flexibility index (Phi) is 6.68. The van der Waals surface area contributed by atoms with Crippen LogP contribution in [0.25, 0.3) is 89.4 Å². The lowest BCUT2D eigenvalue weighted by atomic mass is 10.0. The monoisotopic (exact) mass is 614 g/mol. The van der Waals surface area contributed by atoms with Gasteiger partial charge in [-0.05, 0) is 46.5 Å². The minimum absolute atomic E-state index is 0.591. The molecular weight excluding hydrogens is 589 g/mol. The van der Waals surface area contributed by atoms with E-state index in [1.807, 2.05) is 91.0 Å². The Bertz CT molecular complexity index is 2610. The minimum Gasteiger partial charge on any atom is -0.255 e. The van der Waals surface area contributed by atoms with Gasteiger partial charge in [0.25, 0.3) is 0 Å². The SMILES string of the molecule is c1ccc(-c2nc(-c3ccc4ccccc4c3)nc(-c3ccc4ccc5c(-c6ccccn6)nc(-c6ccccc6)nc5c4c3)n2)cc1. The second kappa shape index (κ2) is 11.6. The Hall–Kier alpha value is -6.66. The smallest absolute Gasteiger partial charge is 0.164 e. The van der Waals surface area contributed by atoms with Gasteiger partial charge in [-0.3, -0.25) is 4.98 Å². The normalized spacial score (nSPS) is 11.3. The Labute approximate surface area is 276 Å². The van der Waals surface area contributed by atoms with Gasteiger partial charge in [0.15, 0.2) is 23.3 Å². The van der Waals surface area contributed by atoms with Gasteiger partial charge < -0.3 is 0 Å². The number of nitrogens with zero attached hydrogens (tertiary/aromatic N) is 6. The number of hydrogen-bond donors (Lipinski definition) is 0. The summed E-state index contributed by atoms with van der Waals surface area (Å²) in [7, 11) is 0. The zero-order valence-corrected chi connectivity index (χ0v) is 25.7. The topological polar surface area (TPSA) is 77.3 Å². The maximum absolute atomic E-state index is 5.16. The highest BCUT2D eigenvalue weighted by Crippen LogP contribution is 2.35. The van der Waals surface area contributed by atoms with Gasteiger partial charge in [0, 0.05) is 39.2 Å². The molecule has 6 heteroatoms. The maximum atomic E-state index is 5.16. The van der Waals surface area contributed by atoms with Gasteiger partial charge in [-0.1, -0.05) is 121 Å². The average molecular weight is 615 g/mol. The first-order valence-corrected chi connectivity index (χ1v) is 15.8. The van der Waals surface area contributed by atoms with Crippen LogP contribution in [-0.4, -0.2) is 29.9 Å². The summed E-state index contributed by atoms with van der Waals surface area (Å²) >= 11 is 0. The first-order valence-electron chi connectivity index (χ1n) is 15.8. The van der Waals surface area contributed by atoms with E-state index in [0.717, 1.165) is 60.7 Å². The highest BCUT2D eigenvalue weighted by molar-refractivity contribution is 6.10. The van der Waals surface area contributed by atoms with Crippen molar-refractivity contribution in [2.45, 2.75) is 0 Å². The van der Waals surface area contributed by atoms with Gasteiger partial charge >= 0.3 is 0 Å². The third-order valence-electron chi connectivity index (χ3n) is 8.56. The van der Waals surface area contributed by atoms with Crippen molar-refractivity contribution < 1.29 is 0 Å². The quantitative estimate of drug-likeness (QED) is 0.180. The lowest BCUT2D eigenvalue weighted by Crippen LogP contribution is -2.00. The molecule has 0 saturated heterocycles. The molecule has 0 radical (unpaired) electrons. The van der Waals surface area contributed by atoms with Gasteiger partial charge in [-0.2, -0.15) is 0 Å². The Morgan fingerprint density at radius 1 is 0.333 bits per heavy atom. The lowest BCUT2D eigenvalue weighted by Gasteiger charge is -2.12. The molecule has 3 aromatic heterocycles. The van der Waals surface area contributed by atoms with Crippen molar-refractivity contribution in [3.63, 3.8) is 0 Å². The summed E-state index contributed by atoms with van der Waals surface area (Å²) in [6, 6.07) is 51.2. The number of rotatable bonds is 5. The van der Waals surface area contributed by atoms with Crippen molar-refractivity contribution >= 4 is 32.4 Å². The molecule has 0 bridgehead atoms. The molecule has 0 N–H and O–H groups in total. The first kappa shape index (κ1) is 27.6. The van der Waals surface area contributed by atoms with Gasteiger partial charge in [0.2, 0.25) is 0 Å². The van der Waals surface area contributed by atoms with E-state index in [0.29, 0.717) is 23.3 Å². The molecule has 0 atom stereocenters. The second-order valence-corrected chi connectivity index (χ2v) is 11.6. The van der Waals surface area contributed by atoms with E-state index in [4.69, 9.17) is 24.9 Å². The van der Waals surface area contributed by atoms with Crippen LogP contribution in [0.15, 0.2) is 158 Å². The largest absolute Gasteiger partial charge is 0.255 e. The van der Waals surface area contributed by atoms with E-state index in [2.05, 4.69) is 65.6 Å². The summed E-state index contributed by atoms with van der Waals surface area (Å²) in [5.74, 6) is 2.47. The predicted octanol–water partition coefficient (Wildman–Crippen LogP) is 9.85. The van der Waals surface area contributed by atoms with Crippen LogP contribution in [0, 0.1) is 0 Å². The summed E-state index contributed by atoms with van der Waals surface area (Å²) in [6.45, 7) is 0. The third kappa shape index (κ3) is 5.02. The van der Waals surface area contributed by atoms with Crippen LogP contribution in [0.2, 0.25) is 0 Å². The zero-order chi connectivity index (χ0) is 31.9. The van der Waals surface area contributed by atoms with Crippen molar-refractivity contribution in [1.82, 2.24) is 29.9 Å². The zero-order valence-electron chi connectivity index (χ0n) is 25.7. The van der Waals surface area contributed by atoms with E-state index in [1.165, 1.54) is 5.39 Å². The summed E-state index contributed by atoms with van der Waals surface area (Å²) in [4.78, 5) is 29.9. The number of fused-ring (bicyclic) bond motifs is 4. The molecule has 9 rings (SSSR count). The van der Waals surface area contributed by atoms with E-state index in [1.54, 1.807) is 6.20 Å². The number of pyridine rings is 1. The van der Waals surface area contributed by atoms with Crippen molar-refractivity contribution in [3.05, 3.63) is 158 Å². The van der Waals surface area contributed by atoms with Crippen LogP contribution in [0.1, 0.15) is 0 Å². The molecule has 6 nitrogen and oxygen atoms in total.